The van der Waals surface area contributed by atoms with E-state index in [-0.39, 0.29) is 13.2 Å². The number of nitrogens with one attached hydrogen (secondary N) is 2. The third kappa shape index (κ3) is 4.26. The van der Waals surface area contributed by atoms with Gasteiger partial charge in [0.1, 0.15) is 0 Å². The Hall–Kier alpha value is -1.14. The molecule has 0 fully saturated rings. The zero-order valence-electron chi connectivity index (χ0n) is 8.56. The summed E-state index contributed by atoms with van der Waals surface area (Å²) in [7, 11) is 0. The van der Waals surface area contributed by atoms with E-state index in [9.17, 15) is 0 Å². The average molecular weight is 211 g/mol. The zero-order valence-corrected chi connectivity index (χ0v) is 8.56. The lowest BCUT2D eigenvalue weighted by Crippen LogP contribution is -2.50. The number of hydrogen-bond donors (Lipinski definition) is 4. The van der Waals surface area contributed by atoms with Gasteiger partial charge >= 0.3 is 0 Å². The van der Waals surface area contributed by atoms with E-state index in [0.717, 1.165) is 5.69 Å². The van der Waals surface area contributed by atoms with Crippen molar-refractivity contribution in [3.8, 4) is 0 Å². The highest BCUT2D eigenvalue weighted by atomic mass is 16.3. The summed E-state index contributed by atoms with van der Waals surface area (Å²) in [4.78, 5) is 0. The number of nitrogens with zero attached hydrogens (tertiary/aromatic N) is 1. The number of para-hydroxylation sites is 1. The van der Waals surface area contributed by atoms with Gasteiger partial charge in [-0.05, 0) is 12.1 Å². The molecule has 0 unspecified atom stereocenters. The Morgan fingerprint density at radius 1 is 0.933 bits per heavy atom. The van der Waals surface area contributed by atoms with Gasteiger partial charge in [0.15, 0.2) is 0 Å². The lowest BCUT2D eigenvalue weighted by Gasteiger charge is -2.25. The number of hydrogen-bond acceptors (Lipinski definition) is 5. The summed E-state index contributed by atoms with van der Waals surface area (Å²) in [6.45, 7) is 1.02. The van der Waals surface area contributed by atoms with Crippen LogP contribution < -0.4 is 16.0 Å². The van der Waals surface area contributed by atoms with Gasteiger partial charge < -0.3 is 10.2 Å². The van der Waals surface area contributed by atoms with E-state index >= 15 is 0 Å². The van der Waals surface area contributed by atoms with E-state index in [0.29, 0.717) is 13.1 Å². The van der Waals surface area contributed by atoms with Gasteiger partial charge in [-0.1, -0.05) is 18.2 Å². The molecule has 0 radical (unpaired) electrons. The van der Waals surface area contributed by atoms with E-state index in [1.54, 1.807) is 5.12 Å². The number of hydrazine groups is 2. The molecule has 0 bridgehead atoms. The van der Waals surface area contributed by atoms with Crippen molar-refractivity contribution in [1.82, 2.24) is 10.9 Å². The van der Waals surface area contributed by atoms with Crippen molar-refractivity contribution in [1.29, 1.82) is 0 Å². The molecule has 0 heterocycles. The maximum Gasteiger partial charge on any atom is 0.0702 e. The molecule has 0 aliphatic carbocycles. The second kappa shape index (κ2) is 7.19. The summed E-state index contributed by atoms with van der Waals surface area (Å²) in [6.07, 6.45) is 0. The largest absolute Gasteiger partial charge is 0.395 e. The molecule has 0 aromatic heterocycles. The van der Waals surface area contributed by atoms with Crippen LogP contribution in [0, 0.1) is 0 Å². The Labute approximate surface area is 89.3 Å². The summed E-state index contributed by atoms with van der Waals surface area (Å²) in [5, 5.41) is 19.1. The second-order valence-corrected chi connectivity index (χ2v) is 2.93. The van der Waals surface area contributed by atoms with E-state index in [1.165, 1.54) is 0 Å². The molecule has 4 N–H and O–H groups in total. The van der Waals surface area contributed by atoms with E-state index in [2.05, 4.69) is 10.9 Å². The maximum absolute atomic E-state index is 8.72. The van der Waals surface area contributed by atoms with Crippen molar-refractivity contribution in [2.24, 2.45) is 0 Å². The number of benzene rings is 1. The molecular weight excluding hydrogens is 194 g/mol. The summed E-state index contributed by atoms with van der Waals surface area (Å²) < 4.78 is 0. The molecule has 0 saturated heterocycles. The molecule has 5 nitrogen and oxygen atoms in total. The molecule has 1 aromatic rings. The van der Waals surface area contributed by atoms with Crippen LogP contribution >= 0.6 is 0 Å². The fraction of sp³-hybridized carbons (Fsp3) is 0.400. The minimum Gasteiger partial charge on any atom is -0.395 e. The first-order valence-corrected chi connectivity index (χ1v) is 4.92. The van der Waals surface area contributed by atoms with Crippen LogP contribution in [0.15, 0.2) is 30.3 Å². The Balaban J connectivity index is 2.55. The van der Waals surface area contributed by atoms with Gasteiger partial charge in [0, 0.05) is 13.1 Å². The first kappa shape index (κ1) is 11.9. The summed E-state index contributed by atoms with van der Waals surface area (Å²) in [5.74, 6) is 0. The van der Waals surface area contributed by atoms with Gasteiger partial charge in [0.2, 0.25) is 0 Å². The number of aliphatic hydroxyl groups excluding tert-OH is 2. The topological polar surface area (TPSA) is 67.8 Å². The third-order valence-electron chi connectivity index (χ3n) is 1.78. The van der Waals surface area contributed by atoms with Gasteiger partial charge in [-0.2, -0.15) is 0 Å². The minimum absolute atomic E-state index is 0.0597. The molecule has 0 aliphatic heterocycles. The predicted octanol–water partition coefficient (Wildman–Crippen LogP) is -0.513. The summed E-state index contributed by atoms with van der Waals surface area (Å²) in [5.41, 5.74) is 6.89. The molecule has 0 aliphatic rings. The van der Waals surface area contributed by atoms with Crippen LogP contribution in [0.5, 0.6) is 0 Å². The average Bonchev–Trinajstić information content (AvgIpc) is 2.30. The van der Waals surface area contributed by atoms with Crippen molar-refractivity contribution < 1.29 is 10.2 Å². The van der Waals surface area contributed by atoms with Crippen LogP contribution in [0.4, 0.5) is 5.69 Å². The molecule has 0 atom stereocenters. The first-order chi connectivity index (χ1) is 7.38. The van der Waals surface area contributed by atoms with Crippen molar-refractivity contribution in [3.05, 3.63) is 30.3 Å². The molecule has 15 heavy (non-hydrogen) atoms. The van der Waals surface area contributed by atoms with Gasteiger partial charge in [-0.3, -0.25) is 0 Å². The Morgan fingerprint density at radius 3 is 1.93 bits per heavy atom. The van der Waals surface area contributed by atoms with Crippen molar-refractivity contribution in [3.63, 3.8) is 0 Å². The summed E-state index contributed by atoms with van der Waals surface area (Å²) >= 11 is 0. The van der Waals surface area contributed by atoms with Crippen molar-refractivity contribution >= 4 is 5.69 Å². The van der Waals surface area contributed by atoms with Crippen molar-refractivity contribution in [2.45, 2.75) is 0 Å². The molecular formula is C10H17N3O2. The highest BCUT2D eigenvalue weighted by Crippen LogP contribution is 2.07. The molecule has 0 amide bonds. The number of rotatable bonds is 7. The van der Waals surface area contributed by atoms with Crippen LogP contribution in [-0.4, -0.2) is 36.5 Å². The fourth-order valence-corrected chi connectivity index (χ4v) is 1.14. The lowest BCUT2D eigenvalue weighted by molar-refractivity contribution is 0.272. The molecule has 1 rings (SSSR count). The number of anilines is 1. The van der Waals surface area contributed by atoms with Gasteiger partial charge in [-0.25, -0.2) is 16.0 Å². The van der Waals surface area contributed by atoms with Gasteiger partial charge in [0.25, 0.3) is 0 Å². The minimum atomic E-state index is 0.0597. The highest BCUT2D eigenvalue weighted by Gasteiger charge is 2.02. The zero-order chi connectivity index (χ0) is 10.9. The molecule has 0 spiro atoms. The normalized spacial score (nSPS) is 10.3. The monoisotopic (exact) mass is 211 g/mol. The van der Waals surface area contributed by atoms with E-state index in [1.807, 2.05) is 30.3 Å². The van der Waals surface area contributed by atoms with Gasteiger partial charge in [0.05, 0.1) is 18.9 Å². The summed E-state index contributed by atoms with van der Waals surface area (Å²) in [6, 6.07) is 9.62. The SMILES string of the molecule is OCCNN(NCCO)c1ccccc1. The van der Waals surface area contributed by atoms with Crippen LogP contribution in [-0.2, 0) is 0 Å². The van der Waals surface area contributed by atoms with E-state index in [4.69, 9.17) is 10.2 Å². The Kier molecular flexibility index (Phi) is 5.72. The standard InChI is InChI=1S/C10H17N3O2/c14-8-6-11-13(12-7-9-15)10-4-2-1-3-5-10/h1-5,11-12,14-15H,6-9H2. The van der Waals surface area contributed by atoms with Crippen LogP contribution in [0.25, 0.3) is 0 Å². The molecule has 5 heteroatoms. The van der Waals surface area contributed by atoms with E-state index < -0.39 is 0 Å². The van der Waals surface area contributed by atoms with Crippen LogP contribution in [0.2, 0.25) is 0 Å². The van der Waals surface area contributed by atoms with Crippen LogP contribution in [0.3, 0.4) is 0 Å². The Bertz CT molecular complexity index is 248. The smallest absolute Gasteiger partial charge is 0.0702 e. The molecule has 0 saturated carbocycles. The van der Waals surface area contributed by atoms with Crippen molar-refractivity contribution in [2.75, 3.05) is 31.4 Å². The third-order valence-corrected chi connectivity index (χ3v) is 1.78. The predicted molar refractivity (Wildman–Crippen MR) is 59.1 cm³/mol. The highest BCUT2D eigenvalue weighted by molar-refractivity contribution is 5.43. The lowest BCUT2D eigenvalue weighted by atomic mass is 10.3. The maximum atomic E-state index is 8.72. The first-order valence-electron chi connectivity index (χ1n) is 4.92. The quantitative estimate of drug-likeness (QED) is 0.457. The Morgan fingerprint density at radius 2 is 1.47 bits per heavy atom. The second-order valence-electron chi connectivity index (χ2n) is 2.93. The fourth-order valence-electron chi connectivity index (χ4n) is 1.14. The number of aliphatic hydroxyl groups is 2. The molecule has 84 valence electrons. The van der Waals surface area contributed by atoms with Crippen LogP contribution in [0.1, 0.15) is 0 Å². The molecule has 1 aromatic carbocycles. The van der Waals surface area contributed by atoms with Gasteiger partial charge in [-0.15, -0.1) is 0 Å².